The van der Waals surface area contributed by atoms with E-state index in [1.54, 1.807) is 0 Å². The highest BCUT2D eigenvalue weighted by Crippen LogP contribution is 2.25. The Kier molecular flexibility index (Phi) is 6.01. The fourth-order valence-corrected chi connectivity index (χ4v) is 3.64. The second-order valence-corrected chi connectivity index (χ2v) is 9.12. The van der Waals surface area contributed by atoms with Crippen LogP contribution in [-0.2, 0) is 18.4 Å². The number of carbonyl (C=O) groups excluding carboxylic acids is 1. The van der Waals surface area contributed by atoms with Crippen LogP contribution in [0, 0.1) is 20.8 Å². The Hall–Kier alpha value is -3.08. The van der Waals surface area contributed by atoms with Crippen molar-refractivity contribution < 1.29 is 4.79 Å². The molecule has 0 unspecified atom stereocenters. The first-order chi connectivity index (χ1) is 14.1. The second kappa shape index (κ2) is 8.34. The molecule has 2 aromatic carbocycles. The summed E-state index contributed by atoms with van der Waals surface area (Å²) in [5, 5.41) is 10.6. The lowest BCUT2D eigenvalue weighted by Gasteiger charge is -2.19. The maximum absolute atomic E-state index is 12.2. The molecule has 1 heterocycles. The van der Waals surface area contributed by atoms with E-state index in [1.807, 2.05) is 0 Å². The van der Waals surface area contributed by atoms with Gasteiger partial charge in [-0.15, -0.1) is 0 Å². The summed E-state index contributed by atoms with van der Waals surface area (Å²) in [6, 6.07) is 12.8. The second-order valence-electron chi connectivity index (χ2n) is 9.12. The number of nitrogens with two attached hydrogens (primary N) is 1. The fraction of sp³-hybridized carbons (Fsp3) is 0.360. The number of benzene rings is 2. The predicted molar refractivity (Wildman–Crippen MR) is 123 cm³/mol. The molecule has 5 nitrogen and oxygen atoms in total. The van der Waals surface area contributed by atoms with Gasteiger partial charge in [-0.3, -0.25) is 9.89 Å². The third-order valence-electron chi connectivity index (χ3n) is 5.74. The summed E-state index contributed by atoms with van der Waals surface area (Å²) in [6.45, 7) is 13.5. The molecule has 30 heavy (non-hydrogen) atoms. The summed E-state index contributed by atoms with van der Waals surface area (Å²) >= 11 is 0. The summed E-state index contributed by atoms with van der Waals surface area (Å²) in [5.74, 6) is 0.0171. The molecule has 0 bridgehead atoms. The standard InChI is InChI=1S/C25H32N4O/c1-15-11-19(12-16(2)17(15)3)14-27-24-22(23(26)30)21(28-29-24)13-18-7-9-20(10-8-18)25(4,5)6/h7-12H,13-14H2,1-6H3,(H2,26,30)(H2,27,28,29). The number of carbonyl (C=O) groups is 1. The highest BCUT2D eigenvalue weighted by molar-refractivity contribution is 5.98. The number of aryl methyl sites for hydroxylation is 2. The molecular formula is C25H32N4O. The zero-order chi connectivity index (χ0) is 22.1. The smallest absolute Gasteiger partial charge is 0.254 e. The summed E-state index contributed by atoms with van der Waals surface area (Å²) in [4.78, 5) is 12.2. The van der Waals surface area contributed by atoms with Crippen molar-refractivity contribution in [2.45, 2.75) is 59.9 Å². The van der Waals surface area contributed by atoms with Gasteiger partial charge in [0.1, 0.15) is 5.56 Å². The van der Waals surface area contributed by atoms with Crippen LogP contribution in [0.15, 0.2) is 36.4 Å². The topological polar surface area (TPSA) is 83.8 Å². The fourth-order valence-electron chi connectivity index (χ4n) is 3.64. The first-order valence-electron chi connectivity index (χ1n) is 10.3. The lowest BCUT2D eigenvalue weighted by Crippen LogP contribution is -2.16. The number of nitrogens with one attached hydrogen (secondary N) is 2. The average Bonchev–Trinajstić information content (AvgIpc) is 3.06. The van der Waals surface area contributed by atoms with Gasteiger partial charge in [-0.25, -0.2) is 0 Å². The normalized spacial score (nSPS) is 11.5. The zero-order valence-corrected chi connectivity index (χ0v) is 18.8. The summed E-state index contributed by atoms with van der Waals surface area (Å²) < 4.78 is 0. The van der Waals surface area contributed by atoms with Gasteiger partial charge in [0.05, 0.1) is 5.69 Å². The molecule has 5 heteroatoms. The number of hydrogen-bond donors (Lipinski definition) is 3. The van der Waals surface area contributed by atoms with Gasteiger partial charge in [-0.05, 0) is 59.6 Å². The lowest BCUT2D eigenvalue weighted by atomic mass is 9.86. The van der Waals surface area contributed by atoms with Crippen molar-refractivity contribution in [2.24, 2.45) is 5.73 Å². The van der Waals surface area contributed by atoms with Gasteiger partial charge >= 0.3 is 0 Å². The molecule has 0 saturated carbocycles. The van der Waals surface area contributed by atoms with E-state index in [0.29, 0.717) is 24.3 Å². The van der Waals surface area contributed by atoms with Crippen molar-refractivity contribution in [1.29, 1.82) is 0 Å². The molecule has 3 aromatic rings. The molecule has 158 valence electrons. The summed E-state index contributed by atoms with van der Waals surface area (Å²) in [5.41, 5.74) is 14.3. The molecule has 0 spiro atoms. The molecule has 0 radical (unpaired) electrons. The van der Waals surface area contributed by atoms with Gasteiger partial charge in [0.2, 0.25) is 0 Å². The highest BCUT2D eigenvalue weighted by Gasteiger charge is 2.19. The third-order valence-corrected chi connectivity index (χ3v) is 5.74. The number of rotatable bonds is 6. The molecule has 0 aliphatic heterocycles. The Morgan fingerprint density at radius 3 is 2.17 bits per heavy atom. The molecule has 0 atom stereocenters. The van der Waals surface area contributed by atoms with Crippen molar-refractivity contribution in [2.75, 3.05) is 5.32 Å². The van der Waals surface area contributed by atoms with Crippen molar-refractivity contribution >= 4 is 11.7 Å². The number of hydrogen-bond acceptors (Lipinski definition) is 3. The summed E-state index contributed by atoms with van der Waals surface area (Å²) in [7, 11) is 0. The molecule has 3 rings (SSSR count). The van der Waals surface area contributed by atoms with Crippen LogP contribution in [0.1, 0.15) is 70.2 Å². The van der Waals surface area contributed by atoms with E-state index >= 15 is 0 Å². The van der Waals surface area contributed by atoms with Crippen LogP contribution in [0.4, 0.5) is 5.82 Å². The van der Waals surface area contributed by atoms with E-state index in [0.717, 1.165) is 16.8 Å². The lowest BCUT2D eigenvalue weighted by molar-refractivity contribution is 0.100. The van der Waals surface area contributed by atoms with Crippen LogP contribution in [0.5, 0.6) is 0 Å². The minimum absolute atomic E-state index is 0.106. The molecular weight excluding hydrogens is 372 g/mol. The van der Waals surface area contributed by atoms with E-state index in [2.05, 4.69) is 93.5 Å². The Labute approximate surface area is 179 Å². The van der Waals surface area contributed by atoms with Gasteiger partial charge in [0, 0.05) is 13.0 Å². The average molecular weight is 405 g/mol. The van der Waals surface area contributed by atoms with Crippen LogP contribution < -0.4 is 11.1 Å². The Morgan fingerprint density at radius 1 is 1.03 bits per heavy atom. The van der Waals surface area contributed by atoms with Crippen molar-refractivity contribution in [1.82, 2.24) is 10.2 Å². The van der Waals surface area contributed by atoms with Gasteiger partial charge < -0.3 is 11.1 Å². The van der Waals surface area contributed by atoms with Crippen molar-refractivity contribution in [3.05, 3.63) is 81.0 Å². The van der Waals surface area contributed by atoms with Gasteiger partial charge in [0.15, 0.2) is 5.82 Å². The van der Waals surface area contributed by atoms with Gasteiger partial charge in [-0.2, -0.15) is 5.10 Å². The highest BCUT2D eigenvalue weighted by atomic mass is 16.1. The zero-order valence-electron chi connectivity index (χ0n) is 18.8. The molecule has 0 aliphatic carbocycles. The van der Waals surface area contributed by atoms with E-state index in [4.69, 9.17) is 5.73 Å². The number of aromatic nitrogens is 2. The quantitative estimate of drug-likeness (QED) is 0.544. The van der Waals surface area contributed by atoms with E-state index < -0.39 is 5.91 Å². The summed E-state index contributed by atoms with van der Waals surface area (Å²) in [6.07, 6.45) is 0.570. The van der Waals surface area contributed by atoms with E-state index in [9.17, 15) is 4.79 Å². The number of nitrogens with zero attached hydrogens (tertiary/aromatic N) is 1. The van der Waals surface area contributed by atoms with Crippen LogP contribution in [-0.4, -0.2) is 16.1 Å². The largest absolute Gasteiger partial charge is 0.365 e. The molecule has 0 fully saturated rings. The molecule has 1 aromatic heterocycles. The number of primary amides is 1. The van der Waals surface area contributed by atoms with E-state index in [1.165, 1.54) is 22.3 Å². The minimum atomic E-state index is -0.483. The number of amides is 1. The monoisotopic (exact) mass is 404 g/mol. The van der Waals surface area contributed by atoms with Crippen LogP contribution in [0.2, 0.25) is 0 Å². The Balaban J connectivity index is 1.79. The maximum atomic E-state index is 12.2. The molecule has 0 saturated heterocycles. The first kappa shape index (κ1) is 21.6. The Bertz CT molecular complexity index is 1030. The maximum Gasteiger partial charge on any atom is 0.254 e. The van der Waals surface area contributed by atoms with Crippen LogP contribution in [0.3, 0.4) is 0 Å². The number of aromatic amines is 1. The third kappa shape index (κ3) is 4.73. The first-order valence-corrected chi connectivity index (χ1v) is 10.3. The molecule has 1 amide bonds. The van der Waals surface area contributed by atoms with Crippen molar-refractivity contribution in [3.8, 4) is 0 Å². The molecule has 0 aliphatic rings. The van der Waals surface area contributed by atoms with Crippen LogP contribution >= 0.6 is 0 Å². The predicted octanol–water partition coefficient (Wildman–Crippen LogP) is 4.93. The SMILES string of the molecule is Cc1cc(CNc2n[nH]c(Cc3ccc(C(C)(C)C)cc3)c2C(N)=O)cc(C)c1C. The van der Waals surface area contributed by atoms with E-state index in [-0.39, 0.29) is 5.41 Å². The minimum Gasteiger partial charge on any atom is -0.365 e. The van der Waals surface area contributed by atoms with Crippen molar-refractivity contribution in [3.63, 3.8) is 0 Å². The number of H-pyrrole nitrogens is 1. The van der Waals surface area contributed by atoms with Gasteiger partial charge in [0.25, 0.3) is 5.91 Å². The molecule has 4 N–H and O–H groups in total. The number of anilines is 1. The Morgan fingerprint density at radius 2 is 1.63 bits per heavy atom. The van der Waals surface area contributed by atoms with Gasteiger partial charge in [-0.1, -0.05) is 57.2 Å². The van der Waals surface area contributed by atoms with Crippen LogP contribution in [0.25, 0.3) is 0 Å².